The van der Waals surface area contributed by atoms with E-state index in [1.165, 1.54) is 6.92 Å². The van der Waals surface area contributed by atoms with Crippen molar-refractivity contribution in [3.05, 3.63) is 45.2 Å². The van der Waals surface area contributed by atoms with Gasteiger partial charge in [-0.1, -0.05) is 17.3 Å². The Balaban J connectivity index is 2.02. The van der Waals surface area contributed by atoms with E-state index in [9.17, 15) is 18.0 Å². The molecule has 0 amide bonds. The van der Waals surface area contributed by atoms with E-state index in [-0.39, 0.29) is 29.0 Å². The molecule has 0 atom stereocenters. The van der Waals surface area contributed by atoms with Gasteiger partial charge >= 0.3 is 12.1 Å². The second-order valence-electron chi connectivity index (χ2n) is 5.68. The van der Waals surface area contributed by atoms with Gasteiger partial charge in [-0.3, -0.25) is 4.68 Å². The first-order valence-corrected chi connectivity index (χ1v) is 8.50. The predicted molar refractivity (Wildman–Crippen MR) is 96.7 cm³/mol. The van der Waals surface area contributed by atoms with Gasteiger partial charge in [0.2, 0.25) is 0 Å². The Bertz CT molecular complexity index is 893. The number of carbonyl (C=O) groups excluding carboxylic acids is 1. The Morgan fingerprint density at radius 3 is 2.63 bits per heavy atom. The molecule has 27 heavy (non-hydrogen) atoms. The quantitative estimate of drug-likeness (QED) is 0.240. The van der Waals surface area contributed by atoms with Crippen LogP contribution < -0.4 is 11.5 Å². The average Bonchev–Trinajstić information content (AvgIpc) is 2.88. The summed E-state index contributed by atoms with van der Waals surface area (Å²) in [6.07, 6.45) is -4.83. The minimum Gasteiger partial charge on any atom is -0.398 e. The number of halogens is 4. The normalized spacial score (nSPS) is 12.3. The highest BCUT2D eigenvalue weighted by Crippen LogP contribution is 2.35. The second kappa shape index (κ2) is 7.99. The van der Waals surface area contributed by atoms with E-state index in [1.807, 2.05) is 0 Å². The van der Waals surface area contributed by atoms with Gasteiger partial charge in [-0.2, -0.15) is 18.3 Å². The van der Waals surface area contributed by atoms with E-state index in [4.69, 9.17) is 16.3 Å². The number of rotatable bonds is 5. The first kappa shape index (κ1) is 20.7. The SMILES string of the molecule is Cc1c(N)cccc1/C(N)=N/OC(=O)CCn1nc(C(F)(F)F)c(Br)c1C. The van der Waals surface area contributed by atoms with Crippen molar-refractivity contribution in [1.29, 1.82) is 0 Å². The molecule has 2 aromatic rings. The first-order valence-electron chi connectivity index (χ1n) is 7.71. The number of nitrogen functional groups attached to an aromatic ring is 1. The van der Waals surface area contributed by atoms with E-state index in [1.54, 1.807) is 25.1 Å². The molecule has 11 heteroatoms. The van der Waals surface area contributed by atoms with Crippen molar-refractivity contribution in [3.63, 3.8) is 0 Å². The highest BCUT2D eigenvalue weighted by Gasteiger charge is 2.37. The van der Waals surface area contributed by atoms with Crippen molar-refractivity contribution in [2.75, 3.05) is 5.73 Å². The van der Waals surface area contributed by atoms with Crippen LogP contribution in [-0.2, 0) is 22.4 Å². The van der Waals surface area contributed by atoms with Crippen LogP contribution in [0.4, 0.5) is 18.9 Å². The number of anilines is 1. The van der Waals surface area contributed by atoms with Gasteiger partial charge in [0, 0.05) is 11.3 Å². The van der Waals surface area contributed by atoms with E-state index in [2.05, 4.69) is 26.2 Å². The van der Waals surface area contributed by atoms with E-state index in [0.29, 0.717) is 16.8 Å². The predicted octanol–water partition coefficient (Wildman–Crippen LogP) is 3.12. The number of hydrogen-bond donors (Lipinski definition) is 2. The van der Waals surface area contributed by atoms with Gasteiger partial charge in [-0.05, 0) is 41.4 Å². The number of nitrogens with zero attached hydrogens (tertiary/aromatic N) is 3. The third-order valence-corrected chi connectivity index (χ3v) is 4.78. The minimum atomic E-state index is -4.59. The number of amidine groups is 1. The smallest absolute Gasteiger partial charge is 0.398 e. The fourth-order valence-electron chi connectivity index (χ4n) is 2.25. The Morgan fingerprint density at radius 2 is 2.04 bits per heavy atom. The molecule has 0 radical (unpaired) electrons. The number of alkyl halides is 3. The molecule has 7 nitrogen and oxygen atoms in total. The third-order valence-electron chi connectivity index (χ3n) is 3.83. The van der Waals surface area contributed by atoms with Gasteiger partial charge in [0.25, 0.3) is 0 Å². The summed E-state index contributed by atoms with van der Waals surface area (Å²) in [5.74, 6) is -0.801. The summed E-state index contributed by atoms with van der Waals surface area (Å²) in [5.41, 5.74) is 12.5. The average molecular weight is 448 g/mol. The molecule has 0 saturated heterocycles. The zero-order valence-electron chi connectivity index (χ0n) is 14.5. The molecule has 0 saturated carbocycles. The number of aromatic nitrogens is 2. The van der Waals surface area contributed by atoms with Crippen LogP contribution >= 0.6 is 15.9 Å². The summed E-state index contributed by atoms with van der Waals surface area (Å²) in [4.78, 5) is 16.5. The topological polar surface area (TPSA) is 109 Å². The van der Waals surface area contributed by atoms with Crippen molar-refractivity contribution < 1.29 is 22.8 Å². The van der Waals surface area contributed by atoms with Crippen molar-refractivity contribution >= 4 is 33.4 Å². The molecule has 1 aromatic heterocycles. The van der Waals surface area contributed by atoms with Crippen LogP contribution in [-0.4, -0.2) is 21.6 Å². The monoisotopic (exact) mass is 447 g/mol. The molecular weight excluding hydrogens is 431 g/mol. The van der Waals surface area contributed by atoms with Crippen LogP contribution in [0.5, 0.6) is 0 Å². The Morgan fingerprint density at radius 1 is 1.37 bits per heavy atom. The van der Waals surface area contributed by atoms with Crippen LogP contribution in [0.3, 0.4) is 0 Å². The summed E-state index contributed by atoms with van der Waals surface area (Å²) in [6, 6.07) is 5.04. The molecule has 2 rings (SSSR count). The fourth-order valence-corrected chi connectivity index (χ4v) is 2.75. The number of nitrogens with two attached hydrogens (primary N) is 2. The second-order valence-corrected chi connectivity index (χ2v) is 6.47. The van der Waals surface area contributed by atoms with Crippen molar-refractivity contribution in [1.82, 2.24) is 9.78 Å². The largest absolute Gasteiger partial charge is 0.436 e. The van der Waals surface area contributed by atoms with Gasteiger partial charge in [0.15, 0.2) is 11.5 Å². The minimum absolute atomic E-state index is 0.0366. The molecule has 0 spiro atoms. The Labute approximate surface area is 161 Å². The van der Waals surface area contributed by atoms with Crippen LogP contribution in [0.1, 0.15) is 28.9 Å². The molecule has 0 fully saturated rings. The zero-order chi connectivity index (χ0) is 20.4. The molecule has 0 aliphatic rings. The molecule has 4 N–H and O–H groups in total. The lowest BCUT2D eigenvalue weighted by molar-refractivity contribution is -0.144. The van der Waals surface area contributed by atoms with Crippen LogP contribution in [0.2, 0.25) is 0 Å². The molecule has 1 aromatic carbocycles. The highest BCUT2D eigenvalue weighted by molar-refractivity contribution is 9.10. The van der Waals surface area contributed by atoms with Crippen LogP contribution in [0.25, 0.3) is 0 Å². The lowest BCUT2D eigenvalue weighted by Gasteiger charge is -2.07. The lowest BCUT2D eigenvalue weighted by atomic mass is 10.1. The number of aryl methyl sites for hydroxylation is 1. The van der Waals surface area contributed by atoms with Gasteiger partial charge in [0.1, 0.15) is 0 Å². The summed E-state index contributed by atoms with van der Waals surface area (Å²) in [7, 11) is 0. The maximum absolute atomic E-state index is 12.8. The molecule has 1 heterocycles. The summed E-state index contributed by atoms with van der Waals surface area (Å²) < 4.78 is 39.4. The van der Waals surface area contributed by atoms with Crippen molar-refractivity contribution in [3.8, 4) is 0 Å². The summed E-state index contributed by atoms with van der Waals surface area (Å²) >= 11 is 2.86. The molecule has 0 bridgehead atoms. The fraction of sp³-hybridized carbons (Fsp3) is 0.312. The Hall–Kier alpha value is -2.56. The maximum Gasteiger partial charge on any atom is 0.436 e. The van der Waals surface area contributed by atoms with E-state index < -0.39 is 17.8 Å². The van der Waals surface area contributed by atoms with Gasteiger partial charge in [-0.15, -0.1) is 0 Å². The summed E-state index contributed by atoms with van der Waals surface area (Å²) in [6.45, 7) is 3.09. The molecular formula is C16H17BrF3N5O2. The Kier molecular flexibility index (Phi) is 6.14. The van der Waals surface area contributed by atoms with Crippen molar-refractivity contribution in [2.45, 2.75) is 33.0 Å². The highest BCUT2D eigenvalue weighted by atomic mass is 79.9. The zero-order valence-corrected chi connectivity index (χ0v) is 16.1. The number of hydrogen-bond acceptors (Lipinski definition) is 5. The standard InChI is InChI=1S/C16H17BrF3N5O2/c1-8-10(4-3-5-11(8)21)15(22)24-27-12(26)6-7-25-9(2)13(17)14(23-25)16(18,19)20/h3-5H,6-7,21H2,1-2H3,(H2,22,24). The van der Waals surface area contributed by atoms with Crippen LogP contribution in [0.15, 0.2) is 27.8 Å². The maximum atomic E-state index is 12.8. The van der Waals surface area contributed by atoms with E-state index in [0.717, 1.165) is 4.68 Å². The van der Waals surface area contributed by atoms with E-state index >= 15 is 0 Å². The van der Waals surface area contributed by atoms with Crippen LogP contribution in [0, 0.1) is 13.8 Å². The van der Waals surface area contributed by atoms with Crippen molar-refractivity contribution in [2.24, 2.45) is 10.9 Å². The molecule has 0 unspecified atom stereocenters. The molecule has 0 aliphatic carbocycles. The van der Waals surface area contributed by atoms with Gasteiger partial charge < -0.3 is 16.3 Å². The number of benzene rings is 1. The first-order chi connectivity index (χ1) is 12.5. The number of carbonyl (C=O) groups is 1. The third kappa shape index (κ3) is 4.79. The lowest BCUT2D eigenvalue weighted by Crippen LogP contribution is -2.18. The van der Waals surface area contributed by atoms with Gasteiger partial charge in [0.05, 0.1) is 23.1 Å². The van der Waals surface area contributed by atoms with Gasteiger partial charge in [-0.25, -0.2) is 4.79 Å². The number of oxime groups is 1. The molecule has 0 aliphatic heterocycles. The molecule has 146 valence electrons. The summed E-state index contributed by atoms with van der Waals surface area (Å²) in [5, 5.41) is 7.04.